The fraction of sp³-hybridized carbons (Fsp3) is 0.558. The standard InChI is InChI=1S/C43H55N5O7/c1-23(2)11-10-16-41(8)17-15-28-35(54-41)27(13-12-24(3)4)37-31(36(28)53-9)33-32-34(48-40(47-33)45-22-46-48)29-21-30(25(5)6)43(32,55-37)42(52,38(29)50)18-14-26(7)39(51)44-19-20-49/h11-12,14-15,17,22,25,29-30,32,34,49,52H,10,13,16,18-21H2,1-9H3,(H,44,51). The first kappa shape index (κ1) is 38.7. The summed E-state index contributed by atoms with van der Waals surface area (Å²) in [6, 6.07) is -0.522. The number of aliphatic hydroxyl groups excluding tert-OH is 1. The number of nitrogens with zero attached hydrogens (tertiary/aromatic N) is 4. The molecule has 55 heavy (non-hydrogen) atoms. The second-order valence-electron chi connectivity index (χ2n) is 16.9. The number of carbonyl (C=O) groups excluding carboxylic acids is 2. The summed E-state index contributed by atoms with van der Waals surface area (Å²) >= 11 is 0. The molecule has 1 spiro atoms. The quantitative estimate of drug-likeness (QED) is 0.170. The maximum Gasteiger partial charge on any atom is 0.248 e. The number of allylic oxidation sites excluding steroid dienone is 4. The molecule has 3 N–H and O–H groups in total. The van der Waals surface area contributed by atoms with E-state index in [2.05, 4.69) is 74.3 Å². The van der Waals surface area contributed by atoms with Crippen LogP contribution >= 0.6 is 0 Å². The van der Waals surface area contributed by atoms with Crippen molar-refractivity contribution in [3.63, 3.8) is 0 Å². The van der Waals surface area contributed by atoms with Crippen LogP contribution in [0.15, 0.2) is 52.3 Å². The number of aliphatic hydroxyl groups is 2. The van der Waals surface area contributed by atoms with E-state index >= 15 is 4.79 Å². The van der Waals surface area contributed by atoms with Gasteiger partial charge in [0.2, 0.25) is 11.9 Å². The zero-order valence-corrected chi connectivity index (χ0v) is 33.5. The number of ketones is 1. The average Bonchev–Trinajstić information content (AvgIpc) is 3.62. The molecule has 3 fully saturated rings. The number of ether oxygens (including phenoxy) is 3. The Balaban J connectivity index is 1.52. The lowest BCUT2D eigenvalue weighted by atomic mass is 9.43. The van der Waals surface area contributed by atoms with E-state index in [1.807, 2.05) is 13.8 Å². The van der Waals surface area contributed by atoms with Gasteiger partial charge >= 0.3 is 0 Å². The van der Waals surface area contributed by atoms with Crippen LogP contribution in [0.1, 0.15) is 104 Å². The first-order valence-corrected chi connectivity index (χ1v) is 19.5. The molecule has 2 bridgehead atoms. The van der Waals surface area contributed by atoms with Crippen LogP contribution in [0.25, 0.3) is 6.08 Å². The van der Waals surface area contributed by atoms with Crippen molar-refractivity contribution in [3.8, 4) is 17.2 Å². The lowest BCUT2D eigenvalue weighted by molar-refractivity contribution is -0.247. The minimum atomic E-state index is -2.06. The van der Waals surface area contributed by atoms with E-state index in [-0.39, 0.29) is 43.1 Å². The van der Waals surface area contributed by atoms with Gasteiger partial charge in [0.15, 0.2) is 17.0 Å². The van der Waals surface area contributed by atoms with Gasteiger partial charge in [0, 0.05) is 35.9 Å². The summed E-state index contributed by atoms with van der Waals surface area (Å²) in [5.74, 6) is -0.266. The molecule has 294 valence electrons. The molecule has 7 unspecified atom stereocenters. The summed E-state index contributed by atoms with van der Waals surface area (Å²) in [4.78, 5) is 37.8. The summed E-state index contributed by atoms with van der Waals surface area (Å²) < 4.78 is 22.7. The zero-order valence-electron chi connectivity index (χ0n) is 33.5. The zero-order chi connectivity index (χ0) is 39.6. The van der Waals surface area contributed by atoms with Crippen molar-refractivity contribution in [2.45, 2.75) is 110 Å². The molecule has 3 aliphatic heterocycles. The molecular weight excluding hydrogens is 699 g/mol. The second-order valence-corrected chi connectivity index (χ2v) is 16.9. The van der Waals surface area contributed by atoms with Gasteiger partial charge in [-0.2, -0.15) is 10.1 Å². The highest BCUT2D eigenvalue weighted by Crippen LogP contribution is 2.68. The van der Waals surface area contributed by atoms with E-state index in [9.17, 15) is 15.0 Å². The van der Waals surface area contributed by atoms with Crippen LogP contribution in [0.4, 0.5) is 5.95 Å². The Morgan fingerprint density at radius 2 is 1.87 bits per heavy atom. The van der Waals surface area contributed by atoms with Crippen LogP contribution in [0.2, 0.25) is 0 Å². The smallest absolute Gasteiger partial charge is 0.248 e. The number of fused-ring (bicyclic) bond motifs is 6. The minimum absolute atomic E-state index is 0.0146. The Labute approximate surface area is 323 Å². The summed E-state index contributed by atoms with van der Waals surface area (Å²) in [6.07, 6.45) is 13.9. The minimum Gasteiger partial charge on any atom is -0.495 e. The molecular formula is C43H55N5O7. The van der Waals surface area contributed by atoms with Crippen LogP contribution < -0.4 is 19.5 Å². The maximum absolute atomic E-state index is 15.0. The third-order valence-corrected chi connectivity index (χ3v) is 12.3. The fourth-order valence-corrected chi connectivity index (χ4v) is 9.73. The number of aromatic nitrogens is 3. The number of benzene rings is 1. The molecule has 0 radical (unpaired) electrons. The molecule has 3 aliphatic carbocycles. The van der Waals surface area contributed by atoms with Crippen LogP contribution in [-0.2, 0) is 16.0 Å². The molecule has 7 atom stereocenters. The van der Waals surface area contributed by atoms with Gasteiger partial charge in [-0.1, -0.05) is 43.2 Å². The van der Waals surface area contributed by atoms with Crippen LogP contribution in [0, 0.1) is 23.7 Å². The lowest BCUT2D eigenvalue weighted by Gasteiger charge is -2.67. The predicted octanol–water partition coefficient (Wildman–Crippen LogP) is 6.18. The molecule has 12 nitrogen and oxygen atoms in total. The molecule has 1 amide bonds. The molecule has 12 heteroatoms. The Morgan fingerprint density at radius 3 is 2.55 bits per heavy atom. The molecule has 2 aromatic rings. The van der Waals surface area contributed by atoms with Gasteiger partial charge in [-0.3, -0.25) is 9.59 Å². The van der Waals surface area contributed by atoms with Crippen LogP contribution in [0.5, 0.6) is 17.2 Å². The third kappa shape index (κ3) is 5.98. The topological polar surface area (TPSA) is 157 Å². The van der Waals surface area contributed by atoms with Crippen LogP contribution in [-0.4, -0.2) is 79.4 Å². The molecule has 3 saturated carbocycles. The number of Topliss-reactive ketones (excluding diaryl/α,β-unsaturated/α-hetero) is 1. The molecule has 1 aromatic heterocycles. The number of hydrogen-bond donors (Lipinski definition) is 3. The number of amides is 1. The molecule has 0 saturated heterocycles. The summed E-state index contributed by atoms with van der Waals surface area (Å²) in [7, 11) is 1.63. The monoisotopic (exact) mass is 753 g/mol. The van der Waals surface area contributed by atoms with E-state index in [0.717, 1.165) is 29.5 Å². The number of nitrogens with one attached hydrogen (secondary N) is 1. The lowest BCUT2D eigenvalue weighted by Crippen LogP contribution is -2.82. The Hall–Kier alpha value is -4.55. The van der Waals surface area contributed by atoms with Crippen molar-refractivity contribution in [2.75, 3.05) is 20.3 Å². The van der Waals surface area contributed by atoms with E-state index in [4.69, 9.17) is 19.2 Å². The summed E-state index contributed by atoms with van der Waals surface area (Å²) in [5, 5.41) is 29.9. The highest BCUT2D eigenvalue weighted by atomic mass is 16.5. The normalized spacial score (nSPS) is 29.6. The highest BCUT2D eigenvalue weighted by Gasteiger charge is 2.79. The first-order chi connectivity index (χ1) is 26.1. The highest BCUT2D eigenvalue weighted by molar-refractivity contribution is 6.14. The van der Waals surface area contributed by atoms with Crippen molar-refractivity contribution < 1.29 is 34.0 Å². The molecule has 8 rings (SSSR count). The van der Waals surface area contributed by atoms with Crippen LogP contribution in [0.3, 0.4) is 0 Å². The largest absolute Gasteiger partial charge is 0.495 e. The molecule has 1 aromatic carbocycles. The van der Waals surface area contributed by atoms with E-state index in [1.165, 1.54) is 11.9 Å². The SMILES string of the molecule is COc1c2c(c(CC=C(C)C)c3c1C1=Nc4ncnn4C4C5CC(C(C)C)C(O3)(C14)C(O)(CC=C(C)C(=O)NCCO)C5=O)OC(C)(CCC=C(C)C)C=C2. The van der Waals surface area contributed by atoms with Gasteiger partial charge in [0.25, 0.3) is 0 Å². The average molecular weight is 754 g/mol. The maximum atomic E-state index is 15.0. The van der Waals surface area contributed by atoms with Gasteiger partial charge in [0.05, 0.1) is 42.5 Å². The number of hydrogen-bond acceptors (Lipinski definition) is 10. The van der Waals surface area contributed by atoms with Crippen molar-refractivity contribution in [1.29, 1.82) is 0 Å². The van der Waals surface area contributed by atoms with Gasteiger partial charge in [-0.15, -0.1) is 0 Å². The van der Waals surface area contributed by atoms with Crippen molar-refractivity contribution in [2.24, 2.45) is 28.7 Å². The predicted molar refractivity (Wildman–Crippen MR) is 210 cm³/mol. The van der Waals surface area contributed by atoms with Gasteiger partial charge in [-0.05, 0) is 85.3 Å². The number of aliphatic imine (C=N–C) groups is 1. The fourth-order valence-electron chi connectivity index (χ4n) is 9.73. The van der Waals surface area contributed by atoms with E-state index < -0.39 is 34.7 Å². The Morgan fingerprint density at radius 1 is 1.13 bits per heavy atom. The molecule has 4 heterocycles. The van der Waals surface area contributed by atoms with Gasteiger partial charge < -0.3 is 29.7 Å². The first-order valence-electron chi connectivity index (χ1n) is 19.5. The Bertz CT molecular complexity index is 2070. The summed E-state index contributed by atoms with van der Waals surface area (Å²) in [5.41, 5.74) is 1.32. The second kappa shape index (κ2) is 14.2. The van der Waals surface area contributed by atoms with Crippen molar-refractivity contribution >= 4 is 29.4 Å². The summed E-state index contributed by atoms with van der Waals surface area (Å²) in [6.45, 7) is 16.1. The number of rotatable bonds is 12. The Kier molecular flexibility index (Phi) is 9.99. The van der Waals surface area contributed by atoms with E-state index in [0.29, 0.717) is 52.9 Å². The van der Waals surface area contributed by atoms with Crippen molar-refractivity contribution in [1.82, 2.24) is 20.1 Å². The molecule has 6 aliphatic rings. The van der Waals surface area contributed by atoms with Gasteiger partial charge in [-0.25, -0.2) is 9.67 Å². The third-order valence-electron chi connectivity index (χ3n) is 12.3. The van der Waals surface area contributed by atoms with E-state index in [1.54, 1.807) is 24.8 Å². The van der Waals surface area contributed by atoms with Gasteiger partial charge in [0.1, 0.15) is 29.2 Å². The number of carbonyl (C=O) groups is 2. The van der Waals surface area contributed by atoms with Crippen molar-refractivity contribution in [3.05, 3.63) is 64.0 Å². The number of methoxy groups -OCH3 is 1.